The lowest BCUT2D eigenvalue weighted by Crippen LogP contribution is -2.35. The van der Waals surface area contributed by atoms with Gasteiger partial charge >= 0.3 is 5.97 Å². The summed E-state index contributed by atoms with van der Waals surface area (Å²) in [5, 5.41) is 20.1. The number of hydrogen-bond acceptors (Lipinski definition) is 5. The molecule has 0 unspecified atom stereocenters. The Labute approximate surface area is 139 Å². The Hall–Kier alpha value is -1.95. The van der Waals surface area contributed by atoms with E-state index in [0.717, 1.165) is 42.4 Å². The minimum absolute atomic E-state index is 0.251. The number of aliphatic carboxylic acids is 1. The number of anilines is 1. The van der Waals surface area contributed by atoms with Crippen molar-refractivity contribution in [3.05, 3.63) is 40.9 Å². The van der Waals surface area contributed by atoms with Crippen LogP contribution in [-0.2, 0) is 11.2 Å². The molecule has 2 atom stereocenters. The van der Waals surface area contributed by atoms with Crippen molar-refractivity contribution in [3.8, 4) is 0 Å². The molecule has 2 aromatic rings. The van der Waals surface area contributed by atoms with Crippen LogP contribution in [0.2, 0.25) is 0 Å². The summed E-state index contributed by atoms with van der Waals surface area (Å²) in [7, 11) is 0. The maximum Gasteiger partial charge on any atom is 0.311 e. The summed E-state index contributed by atoms with van der Waals surface area (Å²) in [6, 6.07) is 10.2. The molecule has 0 spiro atoms. The second kappa shape index (κ2) is 5.60. The summed E-state index contributed by atoms with van der Waals surface area (Å²) in [5.41, 5.74) is 0.654. The molecule has 1 saturated heterocycles. The molecule has 1 aliphatic heterocycles. The number of nitrogens with zero attached hydrogens (tertiary/aromatic N) is 3. The summed E-state index contributed by atoms with van der Waals surface area (Å²) < 4.78 is 0. The minimum atomic E-state index is -0.642. The topological polar surface area (TPSA) is 66.3 Å². The van der Waals surface area contributed by atoms with Gasteiger partial charge in [-0.3, -0.25) is 4.79 Å². The highest BCUT2D eigenvalue weighted by molar-refractivity contribution is 7.15. The number of fused-ring (bicyclic) bond motifs is 1. The molecule has 1 aromatic heterocycles. The molecule has 0 bridgehead atoms. The Morgan fingerprint density at radius 3 is 2.91 bits per heavy atom. The van der Waals surface area contributed by atoms with Gasteiger partial charge in [-0.25, -0.2) is 0 Å². The second-order valence-corrected chi connectivity index (χ2v) is 7.61. The molecule has 120 valence electrons. The lowest BCUT2D eigenvalue weighted by molar-refractivity contribution is -0.149. The number of carbonyl (C=O) groups is 1. The largest absolute Gasteiger partial charge is 0.481 e. The van der Waals surface area contributed by atoms with Crippen molar-refractivity contribution >= 4 is 22.4 Å². The van der Waals surface area contributed by atoms with Crippen LogP contribution in [0.3, 0.4) is 0 Å². The Kier molecular flexibility index (Phi) is 3.56. The molecule has 0 radical (unpaired) electrons. The van der Waals surface area contributed by atoms with E-state index in [4.69, 9.17) is 0 Å². The van der Waals surface area contributed by atoms with Crippen LogP contribution in [0.5, 0.6) is 0 Å². The van der Waals surface area contributed by atoms with Gasteiger partial charge < -0.3 is 10.0 Å². The average Bonchev–Trinajstić information content (AvgIpc) is 3.21. The van der Waals surface area contributed by atoms with Crippen LogP contribution in [0.15, 0.2) is 30.3 Å². The van der Waals surface area contributed by atoms with Crippen LogP contribution in [0.25, 0.3) is 0 Å². The summed E-state index contributed by atoms with van der Waals surface area (Å²) in [6.07, 6.45) is 3.61. The van der Waals surface area contributed by atoms with Crippen LogP contribution in [-0.4, -0.2) is 34.4 Å². The number of aromatic nitrogens is 2. The van der Waals surface area contributed by atoms with Gasteiger partial charge in [-0.05, 0) is 24.3 Å². The van der Waals surface area contributed by atoms with Crippen molar-refractivity contribution in [2.24, 2.45) is 11.3 Å². The van der Waals surface area contributed by atoms with Gasteiger partial charge in [-0.2, -0.15) is 0 Å². The number of carboxylic acid groups (broad SMARTS) is 1. The number of benzene rings is 1. The van der Waals surface area contributed by atoms with Crippen molar-refractivity contribution in [1.29, 1.82) is 0 Å². The fourth-order valence-corrected chi connectivity index (χ4v) is 4.88. The Morgan fingerprint density at radius 1 is 1.35 bits per heavy atom. The standard InChI is InChI=1S/C17H19N3O2S/c21-15(22)17-8-4-7-13(17)10-20(11-17)16-19-18-14(23-16)9-12-5-2-1-3-6-12/h1-3,5-6,13H,4,7-11H2,(H,21,22)/t13-,17+/m0/s1. The summed E-state index contributed by atoms with van der Waals surface area (Å²) in [5.74, 6) is -0.391. The van der Waals surface area contributed by atoms with Crippen LogP contribution < -0.4 is 4.90 Å². The van der Waals surface area contributed by atoms with Crippen LogP contribution >= 0.6 is 11.3 Å². The van der Waals surface area contributed by atoms with Gasteiger partial charge in [0.15, 0.2) is 0 Å². The number of hydrogen-bond donors (Lipinski definition) is 1. The fraction of sp³-hybridized carbons (Fsp3) is 0.471. The van der Waals surface area contributed by atoms with Gasteiger partial charge in [0.05, 0.1) is 5.41 Å². The molecule has 2 heterocycles. The predicted molar refractivity (Wildman–Crippen MR) is 88.8 cm³/mol. The number of rotatable bonds is 4. The molecular weight excluding hydrogens is 310 g/mol. The van der Waals surface area contributed by atoms with E-state index in [1.807, 2.05) is 18.2 Å². The quantitative estimate of drug-likeness (QED) is 0.934. The molecule has 1 aromatic carbocycles. The van der Waals surface area contributed by atoms with E-state index in [1.165, 1.54) is 5.56 Å². The normalized spacial score (nSPS) is 26.4. The predicted octanol–water partition coefficient (Wildman–Crippen LogP) is 2.82. The second-order valence-electron chi connectivity index (χ2n) is 6.57. The minimum Gasteiger partial charge on any atom is -0.481 e. The highest BCUT2D eigenvalue weighted by Gasteiger charge is 2.55. The van der Waals surface area contributed by atoms with E-state index < -0.39 is 11.4 Å². The monoisotopic (exact) mass is 329 g/mol. The smallest absolute Gasteiger partial charge is 0.311 e. The van der Waals surface area contributed by atoms with Crippen molar-refractivity contribution in [3.63, 3.8) is 0 Å². The van der Waals surface area contributed by atoms with Gasteiger partial charge in [-0.15, -0.1) is 10.2 Å². The molecule has 0 amide bonds. The van der Waals surface area contributed by atoms with E-state index in [2.05, 4.69) is 27.2 Å². The summed E-state index contributed by atoms with van der Waals surface area (Å²) in [6.45, 7) is 1.37. The first-order valence-electron chi connectivity index (χ1n) is 8.02. The summed E-state index contributed by atoms with van der Waals surface area (Å²) >= 11 is 1.58. The molecule has 1 N–H and O–H groups in total. The van der Waals surface area contributed by atoms with Crippen LogP contribution in [0, 0.1) is 11.3 Å². The third-order valence-electron chi connectivity index (χ3n) is 5.22. The molecule has 2 fully saturated rings. The van der Waals surface area contributed by atoms with E-state index >= 15 is 0 Å². The third-order valence-corrected chi connectivity index (χ3v) is 6.21. The zero-order chi connectivity index (χ0) is 15.9. The van der Waals surface area contributed by atoms with Crippen LogP contribution in [0.4, 0.5) is 5.13 Å². The van der Waals surface area contributed by atoms with E-state index in [1.54, 1.807) is 11.3 Å². The highest BCUT2D eigenvalue weighted by atomic mass is 32.1. The molecule has 5 nitrogen and oxygen atoms in total. The molecular formula is C17H19N3O2S. The van der Waals surface area contributed by atoms with Crippen molar-refractivity contribution in [2.75, 3.05) is 18.0 Å². The lowest BCUT2D eigenvalue weighted by atomic mass is 9.81. The first-order valence-corrected chi connectivity index (χ1v) is 8.84. The first kappa shape index (κ1) is 14.6. The SMILES string of the molecule is O=C(O)[C@@]12CCC[C@H]1CN(c1nnc(Cc3ccccc3)s1)C2. The first-order chi connectivity index (χ1) is 11.2. The van der Waals surface area contributed by atoms with Crippen molar-refractivity contribution in [2.45, 2.75) is 25.7 Å². The molecule has 4 rings (SSSR count). The zero-order valence-corrected chi connectivity index (χ0v) is 13.6. The Balaban J connectivity index is 1.51. The van der Waals surface area contributed by atoms with Crippen LogP contribution in [0.1, 0.15) is 29.8 Å². The summed E-state index contributed by atoms with van der Waals surface area (Å²) in [4.78, 5) is 13.9. The van der Waals surface area contributed by atoms with Gasteiger partial charge in [0.2, 0.25) is 5.13 Å². The maximum atomic E-state index is 11.8. The van der Waals surface area contributed by atoms with Crippen molar-refractivity contribution in [1.82, 2.24) is 10.2 Å². The van der Waals surface area contributed by atoms with Gasteiger partial charge in [0, 0.05) is 19.5 Å². The molecule has 1 saturated carbocycles. The lowest BCUT2D eigenvalue weighted by Gasteiger charge is -2.22. The molecule has 6 heteroatoms. The fourth-order valence-electron chi connectivity index (χ4n) is 4.00. The van der Waals surface area contributed by atoms with Gasteiger partial charge in [0.25, 0.3) is 0 Å². The van der Waals surface area contributed by atoms with Gasteiger partial charge in [0.1, 0.15) is 5.01 Å². The Morgan fingerprint density at radius 2 is 2.17 bits per heavy atom. The van der Waals surface area contributed by atoms with Crippen molar-refractivity contribution < 1.29 is 9.90 Å². The molecule has 2 aliphatic rings. The van der Waals surface area contributed by atoms with E-state index in [0.29, 0.717) is 6.54 Å². The molecule has 1 aliphatic carbocycles. The highest BCUT2D eigenvalue weighted by Crippen LogP contribution is 2.50. The maximum absolute atomic E-state index is 11.8. The zero-order valence-electron chi connectivity index (χ0n) is 12.8. The van der Waals surface area contributed by atoms with Gasteiger partial charge in [-0.1, -0.05) is 48.1 Å². The van der Waals surface area contributed by atoms with E-state index in [-0.39, 0.29) is 5.92 Å². The third kappa shape index (κ3) is 2.51. The Bertz CT molecular complexity index is 718. The molecule has 23 heavy (non-hydrogen) atoms. The van der Waals surface area contributed by atoms with E-state index in [9.17, 15) is 9.90 Å². The number of carboxylic acids is 1. The average molecular weight is 329 g/mol.